The van der Waals surface area contributed by atoms with Crippen LogP contribution in [0.1, 0.15) is 46.3 Å². The molecule has 0 aromatic heterocycles. The number of hydrogen-bond acceptors (Lipinski definition) is 6. The third-order valence-electron chi connectivity index (χ3n) is 5.94. The second-order valence-electron chi connectivity index (χ2n) is 7.31. The van der Waals surface area contributed by atoms with Crippen LogP contribution in [0.3, 0.4) is 0 Å². The van der Waals surface area contributed by atoms with Gasteiger partial charge in [0, 0.05) is 34.1 Å². The van der Waals surface area contributed by atoms with Crippen molar-refractivity contribution in [1.29, 1.82) is 0 Å². The fraction of sp³-hybridized carbons (Fsp3) is 0.333. The molecule has 0 fully saturated rings. The predicted molar refractivity (Wildman–Crippen MR) is 113 cm³/mol. The maximum absolute atomic E-state index is 10.7. The lowest BCUT2D eigenvalue weighted by Gasteiger charge is -2.35. The molecule has 30 heavy (non-hydrogen) atoms. The van der Waals surface area contributed by atoms with Gasteiger partial charge < -0.3 is 29.2 Å². The molecular formula is C24H26O6. The molecule has 0 radical (unpaired) electrons. The Balaban J connectivity index is 1.96. The Morgan fingerprint density at radius 1 is 0.500 bits per heavy atom. The number of aliphatic hydroxyl groups is 2. The highest BCUT2D eigenvalue weighted by Crippen LogP contribution is 2.54. The molecule has 4 rings (SSSR count). The van der Waals surface area contributed by atoms with Crippen molar-refractivity contribution < 1.29 is 29.2 Å². The predicted octanol–water partition coefficient (Wildman–Crippen LogP) is 3.79. The van der Waals surface area contributed by atoms with E-state index >= 15 is 0 Å². The Hall–Kier alpha value is -2.96. The molecule has 0 spiro atoms. The largest absolute Gasteiger partial charge is 0.496 e. The number of methoxy groups -OCH3 is 4. The van der Waals surface area contributed by atoms with Crippen molar-refractivity contribution in [2.45, 2.75) is 24.0 Å². The summed E-state index contributed by atoms with van der Waals surface area (Å²) in [5.74, 6) is 2.20. The third kappa shape index (κ3) is 3.04. The van der Waals surface area contributed by atoms with Crippen LogP contribution in [0.25, 0.3) is 0 Å². The summed E-state index contributed by atoms with van der Waals surface area (Å²) in [4.78, 5) is 0. The molecule has 4 atom stereocenters. The van der Waals surface area contributed by atoms with Crippen LogP contribution in [0, 0.1) is 0 Å². The Kier molecular flexibility index (Phi) is 5.45. The first-order valence-corrected chi connectivity index (χ1v) is 9.78. The number of benzene rings is 2. The lowest BCUT2D eigenvalue weighted by atomic mass is 9.71. The smallest absolute Gasteiger partial charge is 0.125 e. The molecule has 2 aromatic carbocycles. The lowest BCUT2D eigenvalue weighted by Crippen LogP contribution is -2.21. The summed E-state index contributed by atoms with van der Waals surface area (Å²) < 4.78 is 22.4. The first-order chi connectivity index (χ1) is 14.5. The molecule has 2 aliphatic carbocycles. The van der Waals surface area contributed by atoms with E-state index < -0.39 is 12.2 Å². The number of fused-ring (bicyclic) bond motifs is 2. The summed E-state index contributed by atoms with van der Waals surface area (Å²) in [6.45, 7) is 0. The summed E-state index contributed by atoms with van der Waals surface area (Å²) in [6.07, 6.45) is 5.88. The van der Waals surface area contributed by atoms with Gasteiger partial charge in [0.25, 0.3) is 0 Å². The highest BCUT2D eigenvalue weighted by molar-refractivity contribution is 5.62. The van der Waals surface area contributed by atoms with E-state index in [2.05, 4.69) is 0 Å². The Bertz CT molecular complexity index is 928. The van der Waals surface area contributed by atoms with Gasteiger partial charge in [0.1, 0.15) is 35.2 Å². The Labute approximate surface area is 176 Å². The normalized spacial score (nSPS) is 24.1. The summed E-state index contributed by atoms with van der Waals surface area (Å²) in [7, 11) is 6.40. The van der Waals surface area contributed by atoms with Crippen molar-refractivity contribution in [3.05, 3.63) is 70.8 Å². The van der Waals surface area contributed by atoms with Crippen molar-refractivity contribution in [2.24, 2.45) is 0 Å². The van der Waals surface area contributed by atoms with Crippen LogP contribution in [0.5, 0.6) is 23.0 Å². The van der Waals surface area contributed by atoms with E-state index in [-0.39, 0.29) is 11.8 Å². The van der Waals surface area contributed by atoms with Gasteiger partial charge in [-0.15, -0.1) is 0 Å². The maximum atomic E-state index is 10.7. The molecule has 0 saturated heterocycles. The second-order valence-corrected chi connectivity index (χ2v) is 7.31. The molecule has 0 saturated carbocycles. The summed E-state index contributed by atoms with van der Waals surface area (Å²) in [6, 6.07) is 7.30. The van der Waals surface area contributed by atoms with E-state index in [1.54, 1.807) is 52.7 Å². The van der Waals surface area contributed by atoms with Gasteiger partial charge in [-0.25, -0.2) is 0 Å². The van der Waals surface area contributed by atoms with Crippen molar-refractivity contribution in [2.75, 3.05) is 28.4 Å². The zero-order valence-electron chi connectivity index (χ0n) is 17.5. The fourth-order valence-corrected chi connectivity index (χ4v) is 4.64. The minimum atomic E-state index is -0.800. The Morgan fingerprint density at radius 3 is 1.10 bits per heavy atom. The number of ether oxygens (including phenoxy) is 4. The highest BCUT2D eigenvalue weighted by atomic mass is 16.5. The molecule has 2 aliphatic rings. The van der Waals surface area contributed by atoms with Crippen LogP contribution < -0.4 is 18.9 Å². The molecule has 158 valence electrons. The van der Waals surface area contributed by atoms with Gasteiger partial charge in [0.15, 0.2) is 0 Å². The van der Waals surface area contributed by atoms with E-state index in [1.807, 2.05) is 24.3 Å². The molecule has 6 heteroatoms. The third-order valence-corrected chi connectivity index (χ3v) is 5.94. The van der Waals surface area contributed by atoms with Gasteiger partial charge in [0.05, 0.1) is 28.4 Å². The van der Waals surface area contributed by atoms with Gasteiger partial charge in [-0.2, -0.15) is 0 Å². The first-order valence-electron chi connectivity index (χ1n) is 9.78. The number of hydrogen-bond donors (Lipinski definition) is 2. The van der Waals surface area contributed by atoms with Crippen LogP contribution in [0.2, 0.25) is 0 Å². The standard InChI is InChI=1S/C24H26O6/c1-27-17-9-11-19(29-3)23-15(25)7-5-13(21(17)23)14-6-8-16(26)24-20(30-4)12-10-18(28-2)22(14)24/h5-16,25-26H,1-4H3. The number of allylic oxidation sites excluding steroid dienone is 2. The molecule has 6 nitrogen and oxygen atoms in total. The first kappa shape index (κ1) is 20.3. The quantitative estimate of drug-likeness (QED) is 0.731. The van der Waals surface area contributed by atoms with E-state index in [1.165, 1.54) is 0 Å². The van der Waals surface area contributed by atoms with Gasteiger partial charge in [-0.05, 0) is 24.3 Å². The number of aliphatic hydroxyl groups excluding tert-OH is 2. The van der Waals surface area contributed by atoms with E-state index in [0.29, 0.717) is 34.1 Å². The van der Waals surface area contributed by atoms with E-state index in [9.17, 15) is 10.2 Å². The molecule has 0 heterocycles. The zero-order valence-corrected chi connectivity index (χ0v) is 17.5. The average Bonchev–Trinajstić information content (AvgIpc) is 2.78. The number of rotatable bonds is 5. The van der Waals surface area contributed by atoms with Crippen molar-refractivity contribution in [3.63, 3.8) is 0 Å². The van der Waals surface area contributed by atoms with Crippen LogP contribution in [-0.2, 0) is 0 Å². The molecular weight excluding hydrogens is 384 g/mol. The molecule has 0 amide bonds. The SMILES string of the molecule is COc1ccc(OC)c2c1C(O)C=CC2C1C=CC(O)c2c(OC)ccc(OC)c21. The summed E-state index contributed by atoms with van der Waals surface area (Å²) in [5, 5.41) is 21.4. The minimum Gasteiger partial charge on any atom is -0.496 e. The lowest BCUT2D eigenvalue weighted by molar-refractivity contribution is 0.212. The van der Waals surface area contributed by atoms with E-state index in [4.69, 9.17) is 18.9 Å². The van der Waals surface area contributed by atoms with Crippen LogP contribution in [-0.4, -0.2) is 38.7 Å². The monoisotopic (exact) mass is 410 g/mol. The van der Waals surface area contributed by atoms with Crippen molar-refractivity contribution in [3.8, 4) is 23.0 Å². The Morgan fingerprint density at radius 2 is 0.800 bits per heavy atom. The summed E-state index contributed by atoms with van der Waals surface area (Å²) in [5.41, 5.74) is 3.09. The van der Waals surface area contributed by atoms with Crippen molar-refractivity contribution >= 4 is 0 Å². The molecule has 2 N–H and O–H groups in total. The average molecular weight is 410 g/mol. The van der Waals surface area contributed by atoms with Crippen LogP contribution in [0.4, 0.5) is 0 Å². The van der Waals surface area contributed by atoms with Crippen LogP contribution in [0.15, 0.2) is 48.6 Å². The van der Waals surface area contributed by atoms with Crippen LogP contribution >= 0.6 is 0 Å². The zero-order chi connectivity index (χ0) is 21.4. The molecule has 0 bridgehead atoms. The highest BCUT2D eigenvalue weighted by Gasteiger charge is 2.38. The summed E-state index contributed by atoms with van der Waals surface area (Å²) >= 11 is 0. The molecule has 4 unspecified atom stereocenters. The minimum absolute atomic E-state index is 0.169. The fourth-order valence-electron chi connectivity index (χ4n) is 4.64. The molecule has 2 aromatic rings. The van der Waals surface area contributed by atoms with Gasteiger partial charge in [-0.3, -0.25) is 0 Å². The molecule has 0 aliphatic heterocycles. The second kappa shape index (κ2) is 8.05. The van der Waals surface area contributed by atoms with E-state index in [0.717, 1.165) is 11.1 Å². The van der Waals surface area contributed by atoms with Gasteiger partial charge >= 0.3 is 0 Å². The van der Waals surface area contributed by atoms with Gasteiger partial charge in [0.2, 0.25) is 0 Å². The topological polar surface area (TPSA) is 77.4 Å². The van der Waals surface area contributed by atoms with Gasteiger partial charge in [-0.1, -0.05) is 24.3 Å². The maximum Gasteiger partial charge on any atom is 0.125 e. The van der Waals surface area contributed by atoms with Crippen molar-refractivity contribution in [1.82, 2.24) is 0 Å².